The monoisotopic (exact) mass is 135 g/mol. The van der Waals surface area contributed by atoms with Crippen LogP contribution in [0.4, 0.5) is 5.69 Å². The fourth-order valence-corrected chi connectivity index (χ4v) is 0.738. The summed E-state index contributed by atoms with van der Waals surface area (Å²) in [6.45, 7) is 0. The van der Waals surface area contributed by atoms with E-state index in [2.05, 4.69) is 15.5 Å². The normalized spacial score (nSPS) is 13.2. The number of nitrogens with zero attached hydrogens (tertiary/aromatic N) is 2. The zero-order valence-electron chi connectivity index (χ0n) is 5.11. The van der Waals surface area contributed by atoms with Gasteiger partial charge in [-0.1, -0.05) is 0 Å². The van der Waals surface area contributed by atoms with Crippen molar-refractivity contribution in [1.82, 2.24) is 10.2 Å². The Labute approximate surface area is 57.5 Å². The predicted octanol–water partition coefficient (Wildman–Crippen LogP) is 0.752. The topological polar surface area (TPSA) is 47.0 Å². The number of anilines is 1. The molecular formula is C6H5N3O. The van der Waals surface area contributed by atoms with Crippen LogP contribution in [0.15, 0.2) is 24.7 Å². The van der Waals surface area contributed by atoms with Crippen molar-refractivity contribution in [3.63, 3.8) is 0 Å². The van der Waals surface area contributed by atoms with Crippen molar-refractivity contribution in [3.8, 4) is 5.88 Å². The van der Waals surface area contributed by atoms with Gasteiger partial charge in [-0.05, 0) is 6.07 Å². The lowest BCUT2D eigenvalue weighted by Crippen LogP contribution is -2.01. The summed E-state index contributed by atoms with van der Waals surface area (Å²) in [5, 5.41) is 10.3. The number of nitrogens with one attached hydrogen (secondary N) is 1. The highest BCUT2D eigenvalue weighted by Gasteiger charge is 2.04. The minimum Gasteiger partial charge on any atom is -0.442 e. The summed E-state index contributed by atoms with van der Waals surface area (Å²) >= 11 is 0. The maximum atomic E-state index is 5.01. The average Bonchev–Trinajstić information content (AvgIpc) is 2.05. The lowest BCUT2D eigenvalue weighted by Gasteiger charge is -2.09. The molecule has 2 heterocycles. The Morgan fingerprint density at radius 2 is 2.50 bits per heavy atom. The molecular weight excluding hydrogens is 130 g/mol. The molecule has 1 aliphatic heterocycles. The van der Waals surface area contributed by atoms with Crippen molar-refractivity contribution in [3.05, 3.63) is 24.7 Å². The molecule has 10 heavy (non-hydrogen) atoms. The molecule has 4 nitrogen and oxygen atoms in total. The number of fused-ring (bicyclic) bond motifs is 1. The summed E-state index contributed by atoms with van der Waals surface area (Å²) < 4.78 is 5.01. The lowest BCUT2D eigenvalue weighted by atomic mass is 10.4. The quantitative estimate of drug-likeness (QED) is 0.570. The maximum absolute atomic E-state index is 5.01. The molecule has 0 unspecified atom stereocenters. The molecule has 50 valence electrons. The van der Waals surface area contributed by atoms with Gasteiger partial charge in [-0.3, -0.25) is 0 Å². The molecule has 0 saturated heterocycles. The van der Waals surface area contributed by atoms with Crippen LogP contribution in [0.1, 0.15) is 0 Å². The van der Waals surface area contributed by atoms with Crippen LogP contribution >= 0.6 is 0 Å². The van der Waals surface area contributed by atoms with Gasteiger partial charge in [0.05, 0.1) is 6.20 Å². The van der Waals surface area contributed by atoms with E-state index in [1.54, 1.807) is 18.5 Å². The first-order valence-corrected chi connectivity index (χ1v) is 2.87. The lowest BCUT2D eigenvalue weighted by molar-refractivity contribution is 0.450. The van der Waals surface area contributed by atoms with E-state index in [-0.39, 0.29) is 0 Å². The van der Waals surface area contributed by atoms with Gasteiger partial charge in [-0.15, -0.1) is 5.10 Å². The number of hydrogen-bond acceptors (Lipinski definition) is 4. The minimum absolute atomic E-state index is 0.519. The zero-order chi connectivity index (χ0) is 6.81. The standard InChI is InChI=1S/C6H5N3O/c1-2-8-9-6-5(1)7-3-4-10-6/h1-4,7H. The summed E-state index contributed by atoms with van der Waals surface area (Å²) in [7, 11) is 0. The third kappa shape index (κ3) is 0.699. The molecule has 0 amide bonds. The fourth-order valence-electron chi connectivity index (χ4n) is 0.738. The molecule has 0 fully saturated rings. The minimum atomic E-state index is 0.519. The van der Waals surface area contributed by atoms with E-state index in [1.807, 2.05) is 0 Å². The van der Waals surface area contributed by atoms with Crippen molar-refractivity contribution < 1.29 is 4.74 Å². The molecule has 2 rings (SSSR count). The summed E-state index contributed by atoms with van der Waals surface area (Å²) in [5.41, 5.74) is 0.845. The van der Waals surface area contributed by atoms with E-state index in [0.717, 1.165) is 5.69 Å². The van der Waals surface area contributed by atoms with Crippen molar-refractivity contribution >= 4 is 5.69 Å². The first kappa shape index (κ1) is 5.22. The Morgan fingerprint density at radius 1 is 1.50 bits per heavy atom. The second-order valence-corrected chi connectivity index (χ2v) is 1.81. The van der Waals surface area contributed by atoms with Crippen LogP contribution in [0.2, 0.25) is 0 Å². The smallest absolute Gasteiger partial charge is 0.262 e. The predicted molar refractivity (Wildman–Crippen MR) is 35.4 cm³/mol. The molecule has 0 radical (unpaired) electrons. The third-order valence-electron chi connectivity index (χ3n) is 1.17. The molecule has 0 aromatic carbocycles. The second-order valence-electron chi connectivity index (χ2n) is 1.81. The van der Waals surface area contributed by atoms with Gasteiger partial charge in [0.25, 0.3) is 5.88 Å². The van der Waals surface area contributed by atoms with Gasteiger partial charge in [0.15, 0.2) is 0 Å². The second kappa shape index (κ2) is 1.98. The largest absolute Gasteiger partial charge is 0.442 e. The molecule has 1 aromatic rings. The van der Waals surface area contributed by atoms with Crippen LogP contribution in [0.25, 0.3) is 0 Å². The molecule has 4 heteroatoms. The molecule has 0 aliphatic carbocycles. The Balaban J connectivity index is 2.47. The fraction of sp³-hybridized carbons (Fsp3) is 0. The van der Waals surface area contributed by atoms with E-state index in [4.69, 9.17) is 4.74 Å². The molecule has 1 N–H and O–H groups in total. The number of hydrogen-bond donors (Lipinski definition) is 1. The molecule has 0 spiro atoms. The summed E-state index contributed by atoms with van der Waals surface area (Å²) in [6, 6.07) is 1.80. The first-order valence-electron chi connectivity index (χ1n) is 2.87. The average molecular weight is 135 g/mol. The van der Waals surface area contributed by atoms with Crippen LogP contribution in [0.3, 0.4) is 0 Å². The van der Waals surface area contributed by atoms with Gasteiger partial charge in [0, 0.05) is 6.20 Å². The van der Waals surface area contributed by atoms with Gasteiger partial charge in [-0.2, -0.15) is 5.10 Å². The maximum Gasteiger partial charge on any atom is 0.262 e. The van der Waals surface area contributed by atoms with Crippen molar-refractivity contribution in [1.29, 1.82) is 0 Å². The Hall–Kier alpha value is -1.58. The number of ether oxygens (including phenoxy) is 1. The van der Waals surface area contributed by atoms with E-state index >= 15 is 0 Å². The Kier molecular flexibility index (Phi) is 1.04. The highest BCUT2D eigenvalue weighted by molar-refractivity contribution is 5.54. The van der Waals surface area contributed by atoms with Crippen molar-refractivity contribution in [2.24, 2.45) is 0 Å². The van der Waals surface area contributed by atoms with Gasteiger partial charge >= 0.3 is 0 Å². The highest BCUT2D eigenvalue weighted by Crippen LogP contribution is 2.21. The van der Waals surface area contributed by atoms with Crippen LogP contribution in [0, 0.1) is 0 Å². The van der Waals surface area contributed by atoms with Crippen molar-refractivity contribution in [2.75, 3.05) is 5.32 Å². The van der Waals surface area contributed by atoms with Gasteiger partial charge in [0.2, 0.25) is 0 Å². The Morgan fingerprint density at radius 3 is 3.40 bits per heavy atom. The van der Waals surface area contributed by atoms with Gasteiger partial charge in [-0.25, -0.2) is 0 Å². The summed E-state index contributed by atoms with van der Waals surface area (Å²) in [6.07, 6.45) is 4.83. The van der Waals surface area contributed by atoms with Crippen LogP contribution < -0.4 is 10.1 Å². The van der Waals surface area contributed by atoms with E-state index in [1.165, 1.54) is 6.26 Å². The molecule has 1 aliphatic rings. The van der Waals surface area contributed by atoms with E-state index in [9.17, 15) is 0 Å². The SMILES string of the molecule is C1=COc2nnccc2N1. The van der Waals surface area contributed by atoms with Gasteiger partial charge < -0.3 is 10.1 Å². The molecule has 0 saturated carbocycles. The summed E-state index contributed by atoms with van der Waals surface area (Å²) in [5.74, 6) is 0.519. The van der Waals surface area contributed by atoms with Crippen LogP contribution in [-0.2, 0) is 0 Å². The van der Waals surface area contributed by atoms with Crippen LogP contribution in [-0.4, -0.2) is 10.2 Å². The first-order chi connectivity index (χ1) is 4.97. The van der Waals surface area contributed by atoms with Crippen LogP contribution in [0.5, 0.6) is 5.88 Å². The van der Waals surface area contributed by atoms with Gasteiger partial charge in [0.1, 0.15) is 11.9 Å². The third-order valence-corrected chi connectivity index (χ3v) is 1.17. The van der Waals surface area contributed by atoms with E-state index in [0.29, 0.717) is 5.88 Å². The Bertz CT molecular complexity index is 244. The molecule has 1 aromatic heterocycles. The molecule has 0 atom stereocenters. The number of aromatic nitrogens is 2. The van der Waals surface area contributed by atoms with Crippen molar-refractivity contribution in [2.45, 2.75) is 0 Å². The highest BCUT2D eigenvalue weighted by atomic mass is 16.5. The zero-order valence-corrected chi connectivity index (χ0v) is 5.11. The number of rotatable bonds is 0. The molecule has 0 bridgehead atoms. The van der Waals surface area contributed by atoms with E-state index < -0.39 is 0 Å². The summed E-state index contributed by atoms with van der Waals surface area (Å²) in [4.78, 5) is 0.